The van der Waals surface area contributed by atoms with Gasteiger partial charge in [0.2, 0.25) is 0 Å². The Morgan fingerprint density at radius 3 is 3.05 bits per heavy atom. The Hall–Kier alpha value is -2.14. The van der Waals surface area contributed by atoms with E-state index in [9.17, 15) is 4.79 Å². The monoisotopic (exact) mass is 260 g/mol. The normalized spacial score (nSPS) is 10.4. The van der Waals surface area contributed by atoms with Crippen LogP contribution < -0.4 is 5.32 Å². The molecule has 19 heavy (non-hydrogen) atoms. The molecule has 0 unspecified atom stereocenters. The van der Waals surface area contributed by atoms with Gasteiger partial charge in [-0.25, -0.2) is 0 Å². The van der Waals surface area contributed by atoms with Gasteiger partial charge in [0.1, 0.15) is 12.4 Å². The van der Waals surface area contributed by atoms with Crippen molar-refractivity contribution in [1.29, 1.82) is 0 Å². The summed E-state index contributed by atoms with van der Waals surface area (Å²) in [5.41, 5.74) is 1.09. The molecular weight excluding hydrogens is 244 g/mol. The van der Waals surface area contributed by atoms with E-state index in [2.05, 4.69) is 10.3 Å². The lowest BCUT2D eigenvalue weighted by atomic mass is 10.2. The molecule has 0 aromatic carbocycles. The number of hydrogen-bond acceptors (Lipinski definition) is 4. The summed E-state index contributed by atoms with van der Waals surface area (Å²) >= 11 is 0. The first-order valence-corrected chi connectivity index (χ1v) is 6.04. The maximum Gasteiger partial charge on any atom is 0.287 e. The summed E-state index contributed by atoms with van der Waals surface area (Å²) < 4.78 is 10.3. The SMILES string of the molecule is COCc1ccc(C(=O)NCCc2cccnc2)o1. The van der Waals surface area contributed by atoms with Crippen molar-refractivity contribution in [3.8, 4) is 0 Å². The van der Waals surface area contributed by atoms with Gasteiger partial charge < -0.3 is 14.5 Å². The Morgan fingerprint density at radius 1 is 1.42 bits per heavy atom. The Kier molecular flexibility index (Phi) is 4.69. The van der Waals surface area contributed by atoms with Crippen molar-refractivity contribution in [2.75, 3.05) is 13.7 Å². The largest absolute Gasteiger partial charge is 0.453 e. The molecular formula is C14H16N2O3. The number of nitrogens with zero attached hydrogens (tertiary/aromatic N) is 1. The smallest absolute Gasteiger partial charge is 0.287 e. The highest BCUT2D eigenvalue weighted by Crippen LogP contribution is 2.08. The first-order valence-electron chi connectivity index (χ1n) is 6.04. The Balaban J connectivity index is 1.80. The fourth-order valence-electron chi connectivity index (χ4n) is 1.67. The number of carbonyl (C=O) groups excluding carboxylic acids is 1. The predicted molar refractivity (Wildman–Crippen MR) is 69.7 cm³/mol. The molecule has 5 nitrogen and oxygen atoms in total. The summed E-state index contributed by atoms with van der Waals surface area (Å²) in [6.07, 6.45) is 4.25. The minimum Gasteiger partial charge on any atom is -0.453 e. The number of amides is 1. The van der Waals surface area contributed by atoms with Crippen LogP contribution in [0.4, 0.5) is 0 Å². The molecule has 0 aliphatic heterocycles. The van der Waals surface area contributed by atoms with Crippen LogP contribution in [0.25, 0.3) is 0 Å². The number of pyridine rings is 1. The van der Waals surface area contributed by atoms with Crippen LogP contribution in [0.2, 0.25) is 0 Å². The van der Waals surface area contributed by atoms with Crippen LogP contribution in [-0.4, -0.2) is 24.5 Å². The fraction of sp³-hybridized carbons (Fsp3) is 0.286. The second kappa shape index (κ2) is 6.70. The molecule has 0 saturated carbocycles. The highest BCUT2D eigenvalue weighted by molar-refractivity contribution is 5.91. The number of methoxy groups -OCH3 is 1. The molecule has 0 aliphatic carbocycles. The van der Waals surface area contributed by atoms with E-state index in [1.807, 2.05) is 12.1 Å². The summed E-state index contributed by atoms with van der Waals surface area (Å²) in [4.78, 5) is 15.8. The van der Waals surface area contributed by atoms with Crippen LogP contribution in [0.1, 0.15) is 21.9 Å². The van der Waals surface area contributed by atoms with Crippen LogP contribution >= 0.6 is 0 Å². The third kappa shape index (κ3) is 3.93. The molecule has 2 aromatic heterocycles. The van der Waals surface area contributed by atoms with E-state index in [1.165, 1.54) is 0 Å². The third-order valence-electron chi connectivity index (χ3n) is 2.59. The second-order valence-electron chi connectivity index (χ2n) is 4.07. The summed E-state index contributed by atoms with van der Waals surface area (Å²) in [6, 6.07) is 7.23. The minimum atomic E-state index is -0.216. The molecule has 100 valence electrons. The summed E-state index contributed by atoms with van der Waals surface area (Å²) in [6.45, 7) is 0.911. The number of aromatic nitrogens is 1. The van der Waals surface area contributed by atoms with Gasteiger partial charge >= 0.3 is 0 Å². The van der Waals surface area contributed by atoms with Gasteiger partial charge in [-0.15, -0.1) is 0 Å². The van der Waals surface area contributed by atoms with Crippen molar-refractivity contribution in [2.24, 2.45) is 0 Å². The molecule has 5 heteroatoms. The zero-order chi connectivity index (χ0) is 13.5. The van der Waals surface area contributed by atoms with E-state index < -0.39 is 0 Å². The summed E-state index contributed by atoms with van der Waals surface area (Å²) in [5, 5.41) is 2.80. The lowest BCUT2D eigenvalue weighted by molar-refractivity contribution is 0.0917. The molecule has 1 amide bonds. The van der Waals surface area contributed by atoms with E-state index in [1.54, 1.807) is 31.6 Å². The molecule has 0 radical (unpaired) electrons. The van der Waals surface area contributed by atoms with Crippen LogP contribution in [-0.2, 0) is 17.8 Å². The van der Waals surface area contributed by atoms with E-state index in [0.29, 0.717) is 24.7 Å². The van der Waals surface area contributed by atoms with Crippen LogP contribution in [0.15, 0.2) is 41.1 Å². The molecule has 2 heterocycles. The summed E-state index contributed by atoms with van der Waals surface area (Å²) in [5.74, 6) is 0.726. The first kappa shape index (κ1) is 13.3. The molecule has 0 fully saturated rings. The third-order valence-corrected chi connectivity index (χ3v) is 2.59. The van der Waals surface area contributed by atoms with Gasteiger partial charge in [0.15, 0.2) is 5.76 Å². The average molecular weight is 260 g/mol. The Labute approximate surface area is 111 Å². The molecule has 2 aromatic rings. The standard InChI is InChI=1S/C14H16N2O3/c1-18-10-12-4-5-13(19-12)14(17)16-8-6-11-3-2-7-15-9-11/h2-5,7,9H,6,8,10H2,1H3,(H,16,17). The highest BCUT2D eigenvalue weighted by Gasteiger charge is 2.10. The number of furan rings is 1. The number of ether oxygens (including phenoxy) is 1. The van der Waals surface area contributed by atoms with Crippen LogP contribution in [0, 0.1) is 0 Å². The van der Waals surface area contributed by atoms with Gasteiger partial charge in [-0.05, 0) is 30.2 Å². The molecule has 0 spiro atoms. The van der Waals surface area contributed by atoms with E-state index >= 15 is 0 Å². The van der Waals surface area contributed by atoms with Gasteiger partial charge in [-0.2, -0.15) is 0 Å². The van der Waals surface area contributed by atoms with Gasteiger partial charge in [-0.3, -0.25) is 9.78 Å². The van der Waals surface area contributed by atoms with E-state index in [0.717, 1.165) is 12.0 Å². The quantitative estimate of drug-likeness (QED) is 0.860. The zero-order valence-electron chi connectivity index (χ0n) is 10.8. The topological polar surface area (TPSA) is 64.4 Å². The Bertz CT molecular complexity index is 522. The molecule has 0 atom stereocenters. The first-order chi connectivity index (χ1) is 9.29. The van der Waals surface area contributed by atoms with Crippen molar-refractivity contribution < 1.29 is 13.9 Å². The van der Waals surface area contributed by atoms with E-state index in [-0.39, 0.29) is 5.91 Å². The highest BCUT2D eigenvalue weighted by atomic mass is 16.5. The fourth-order valence-corrected chi connectivity index (χ4v) is 1.67. The molecule has 0 aliphatic rings. The van der Waals surface area contributed by atoms with Crippen molar-refractivity contribution in [1.82, 2.24) is 10.3 Å². The molecule has 0 bridgehead atoms. The lowest BCUT2D eigenvalue weighted by Gasteiger charge is -2.03. The van der Waals surface area contributed by atoms with Crippen molar-refractivity contribution in [3.05, 3.63) is 53.7 Å². The van der Waals surface area contributed by atoms with E-state index in [4.69, 9.17) is 9.15 Å². The maximum atomic E-state index is 11.8. The zero-order valence-corrected chi connectivity index (χ0v) is 10.8. The number of rotatable bonds is 6. The average Bonchev–Trinajstić information content (AvgIpc) is 2.89. The number of carbonyl (C=O) groups is 1. The number of hydrogen-bond donors (Lipinski definition) is 1. The maximum absolute atomic E-state index is 11.8. The van der Waals surface area contributed by atoms with Gasteiger partial charge in [0, 0.05) is 26.0 Å². The van der Waals surface area contributed by atoms with Crippen molar-refractivity contribution in [2.45, 2.75) is 13.0 Å². The van der Waals surface area contributed by atoms with Crippen LogP contribution in [0.5, 0.6) is 0 Å². The van der Waals surface area contributed by atoms with Crippen molar-refractivity contribution in [3.63, 3.8) is 0 Å². The van der Waals surface area contributed by atoms with Gasteiger partial charge in [0.25, 0.3) is 5.91 Å². The lowest BCUT2D eigenvalue weighted by Crippen LogP contribution is -2.25. The molecule has 1 N–H and O–H groups in total. The van der Waals surface area contributed by atoms with Gasteiger partial charge in [0.05, 0.1) is 0 Å². The number of nitrogens with one attached hydrogen (secondary N) is 1. The molecule has 2 rings (SSSR count). The van der Waals surface area contributed by atoms with Gasteiger partial charge in [-0.1, -0.05) is 6.07 Å². The minimum absolute atomic E-state index is 0.216. The van der Waals surface area contributed by atoms with Crippen molar-refractivity contribution >= 4 is 5.91 Å². The van der Waals surface area contributed by atoms with Crippen LogP contribution in [0.3, 0.4) is 0 Å². The predicted octanol–water partition coefficient (Wildman–Crippen LogP) is 1.79. The molecule has 0 saturated heterocycles. The summed E-state index contributed by atoms with van der Waals surface area (Å²) in [7, 11) is 1.58. The Morgan fingerprint density at radius 2 is 2.32 bits per heavy atom. The second-order valence-corrected chi connectivity index (χ2v) is 4.07.